The molecule has 2 aromatic carbocycles. The lowest BCUT2D eigenvalue weighted by atomic mass is 10.0. The van der Waals surface area contributed by atoms with Crippen LogP contribution in [0.1, 0.15) is 31.7 Å². The molecule has 4 aromatic rings. The summed E-state index contributed by atoms with van der Waals surface area (Å²) in [5.41, 5.74) is 3.39. The van der Waals surface area contributed by atoms with Gasteiger partial charge in [0.15, 0.2) is 5.16 Å². The summed E-state index contributed by atoms with van der Waals surface area (Å²) >= 11 is 1.48. The molecule has 1 unspecified atom stereocenters. The average molecular weight is 420 g/mol. The van der Waals surface area contributed by atoms with E-state index in [0.717, 1.165) is 47.9 Å². The van der Waals surface area contributed by atoms with Crippen molar-refractivity contribution in [3.8, 4) is 0 Å². The lowest BCUT2D eigenvalue weighted by Crippen LogP contribution is -2.42. The van der Waals surface area contributed by atoms with Crippen molar-refractivity contribution in [2.24, 2.45) is 0 Å². The summed E-state index contributed by atoms with van der Waals surface area (Å²) < 4.78 is 4.27. The number of hydrogen-bond donors (Lipinski definition) is 0. The first-order chi connectivity index (χ1) is 14.7. The third-order valence-corrected chi connectivity index (χ3v) is 6.82. The largest absolute Gasteiger partial charge is 0.339 e. The molecule has 30 heavy (non-hydrogen) atoms. The molecule has 1 fully saturated rings. The van der Waals surface area contributed by atoms with Crippen molar-refractivity contribution >= 4 is 34.5 Å². The van der Waals surface area contributed by atoms with E-state index in [0.29, 0.717) is 11.8 Å². The topological polar surface area (TPSA) is 55.4 Å². The number of likely N-dealkylation sites (tertiary alicyclic amines) is 1. The van der Waals surface area contributed by atoms with Crippen LogP contribution in [0.4, 0.5) is 0 Å². The van der Waals surface area contributed by atoms with Gasteiger partial charge in [0.05, 0.1) is 23.3 Å². The van der Waals surface area contributed by atoms with Crippen molar-refractivity contribution in [1.29, 1.82) is 0 Å². The number of imidazole rings is 1. The Morgan fingerprint density at radius 3 is 2.60 bits per heavy atom. The SMILES string of the molecule is CC1CCCCN1C(=O)CSc1nnc2n(Cc3ccccc3)c3ccccc3n12. The van der Waals surface area contributed by atoms with Gasteiger partial charge in [-0.25, -0.2) is 0 Å². The van der Waals surface area contributed by atoms with Gasteiger partial charge in [0.1, 0.15) is 0 Å². The number of aromatic nitrogens is 4. The van der Waals surface area contributed by atoms with Crippen molar-refractivity contribution < 1.29 is 4.79 Å². The van der Waals surface area contributed by atoms with Gasteiger partial charge < -0.3 is 9.47 Å². The normalized spacial score (nSPS) is 17.1. The number of fused-ring (bicyclic) bond motifs is 3. The van der Waals surface area contributed by atoms with Crippen LogP contribution in [0.25, 0.3) is 16.8 Å². The second kappa shape index (κ2) is 8.14. The fourth-order valence-electron chi connectivity index (χ4n) is 4.33. The molecule has 0 spiro atoms. The van der Waals surface area contributed by atoms with Gasteiger partial charge in [-0.1, -0.05) is 54.2 Å². The van der Waals surface area contributed by atoms with Crippen LogP contribution in [0.15, 0.2) is 59.8 Å². The highest BCUT2D eigenvalue weighted by molar-refractivity contribution is 7.99. The van der Waals surface area contributed by atoms with E-state index < -0.39 is 0 Å². The second-order valence-electron chi connectivity index (χ2n) is 7.90. The van der Waals surface area contributed by atoms with E-state index >= 15 is 0 Å². The third-order valence-electron chi connectivity index (χ3n) is 5.90. The van der Waals surface area contributed by atoms with Crippen LogP contribution < -0.4 is 0 Å². The lowest BCUT2D eigenvalue weighted by molar-refractivity contribution is -0.131. The quantitative estimate of drug-likeness (QED) is 0.455. The number of thioether (sulfide) groups is 1. The van der Waals surface area contributed by atoms with Crippen LogP contribution in [-0.2, 0) is 11.3 Å². The molecule has 154 valence electrons. The Morgan fingerprint density at radius 2 is 1.80 bits per heavy atom. The third kappa shape index (κ3) is 3.47. The van der Waals surface area contributed by atoms with E-state index in [-0.39, 0.29) is 5.91 Å². The molecule has 7 heteroatoms. The van der Waals surface area contributed by atoms with E-state index in [9.17, 15) is 4.79 Å². The van der Waals surface area contributed by atoms with Crippen LogP contribution >= 0.6 is 11.8 Å². The number of carbonyl (C=O) groups is 1. The number of amides is 1. The Balaban J connectivity index is 1.46. The maximum absolute atomic E-state index is 12.8. The standard InChI is InChI=1S/C23H25N5OS/c1-17-9-7-8-14-26(17)21(29)16-30-23-25-24-22-27(15-18-10-3-2-4-11-18)19-12-5-6-13-20(19)28(22)23/h2-6,10-13,17H,7-9,14-16H2,1H3. The molecule has 0 radical (unpaired) electrons. The Morgan fingerprint density at radius 1 is 1.03 bits per heavy atom. The van der Waals surface area contributed by atoms with Gasteiger partial charge in [0, 0.05) is 12.6 Å². The zero-order valence-electron chi connectivity index (χ0n) is 17.1. The summed E-state index contributed by atoms with van der Waals surface area (Å²) in [7, 11) is 0. The molecule has 3 heterocycles. The molecule has 0 N–H and O–H groups in total. The number of carbonyl (C=O) groups excluding carboxylic acids is 1. The Bertz CT molecular complexity index is 1180. The van der Waals surface area contributed by atoms with Crippen molar-refractivity contribution in [3.05, 3.63) is 60.2 Å². The van der Waals surface area contributed by atoms with E-state index in [1.807, 2.05) is 23.1 Å². The lowest BCUT2D eigenvalue weighted by Gasteiger charge is -2.33. The Hall–Kier alpha value is -2.80. The first-order valence-corrected chi connectivity index (χ1v) is 11.5. The fourth-order valence-corrected chi connectivity index (χ4v) is 5.16. The summed E-state index contributed by atoms with van der Waals surface area (Å²) in [5.74, 6) is 1.39. The molecule has 0 saturated carbocycles. The van der Waals surface area contributed by atoms with Crippen LogP contribution in [-0.4, -0.2) is 48.3 Å². The van der Waals surface area contributed by atoms with E-state index in [1.165, 1.54) is 23.7 Å². The van der Waals surface area contributed by atoms with Crippen LogP contribution in [0.3, 0.4) is 0 Å². The van der Waals surface area contributed by atoms with Crippen molar-refractivity contribution in [2.75, 3.05) is 12.3 Å². The minimum atomic E-state index is 0.192. The number of para-hydroxylation sites is 2. The second-order valence-corrected chi connectivity index (χ2v) is 8.84. The molecule has 1 saturated heterocycles. The molecule has 1 atom stereocenters. The summed E-state index contributed by atoms with van der Waals surface area (Å²) in [4.78, 5) is 14.8. The smallest absolute Gasteiger partial charge is 0.237 e. The monoisotopic (exact) mass is 419 g/mol. The van der Waals surface area contributed by atoms with E-state index in [4.69, 9.17) is 0 Å². The Labute approximate surface area is 179 Å². The summed E-state index contributed by atoms with van der Waals surface area (Å²) in [6, 6.07) is 19.0. The van der Waals surface area contributed by atoms with Crippen molar-refractivity contribution in [1.82, 2.24) is 24.1 Å². The molecule has 0 bridgehead atoms. The zero-order chi connectivity index (χ0) is 20.5. The summed E-state index contributed by atoms with van der Waals surface area (Å²) in [6.07, 6.45) is 3.41. The van der Waals surface area contributed by atoms with Crippen molar-refractivity contribution in [2.45, 2.75) is 43.9 Å². The maximum atomic E-state index is 12.8. The van der Waals surface area contributed by atoms with Gasteiger partial charge in [-0.2, -0.15) is 0 Å². The number of piperidine rings is 1. The van der Waals surface area contributed by atoms with Gasteiger partial charge in [-0.3, -0.25) is 9.20 Å². The molecular weight excluding hydrogens is 394 g/mol. The number of rotatable bonds is 5. The molecular formula is C23H25N5OS. The summed E-state index contributed by atoms with van der Waals surface area (Å²) in [5, 5.41) is 9.69. The minimum absolute atomic E-state index is 0.192. The van der Waals surface area contributed by atoms with Gasteiger partial charge >= 0.3 is 0 Å². The predicted molar refractivity (Wildman–Crippen MR) is 120 cm³/mol. The summed E-state index contributed by atoms with van der Waals surface area (Å²) in [6.45, 7) is 3.74. The number of hydrogen-bond acceptors (Lipinski definition) is 4. The highest BCUT2D eigenvalue weighted by atomic mass is 32.2. The van der Waals surface area contributed by atoms with E-state index in [1.54, 1.807) is 0 Å². The molecule has 1 aliphatic heterocycles. The molecule has 1 amide bonds. The van der Waals surface area contributed by atoms with Gasteiger partial charge in [0.2, 0.25) is 11.7 Å². The first-order valence-electron chi connectivity index (χ1n) is 10.5. The highest BCUT2D eigenvalue weighted by Gasteiger charge is 2.24. The van der Waals surface area contributed by atoms with Gasteiger partial charge in [0.25, 0.3) is 0 Å². The maximum Gasteiger partial charge on any atom is 0.237 e. The molecule has 6 nitrogen and oxygen atoms in total. The average Bonchev–Trinajstić information content (AvgIpc) is 3.33. The molecule has 5 rings (SSSR count). The fraction of sp³-hybridized carbons (Fsp3) is 0.348. The molecule has 2 aromatic heterocycles. The van der Waals surface area contributed by atoms with E-state index in [2.05, 4.69) is 62.5 Å². The van der Waals surface area contributed by atoms with Crippen molar-refractivity contribution in [3.63, 3.8) is 0 Å². The first kappa shape index (κ1) is 19.2. The highest BCUT2D eigenvalue weighted by Crippen LogP contribution is 2.27. The van der Waals surface area contributed by atoms with Crippen LogP contribution in [0, 0.1) is 0 Å². The zero-order valence-corrected chi connectivity index (χ0v) is 17.9. The van der Waals surface area contributed by atoms with Crippen LogP contribution in [0.2, 0.25) is 0 Å². The minimum Gasteiger partial charge on any atom is -0.339 e. The molecule has 0 aliphatic carbocycles. The number of benzene rings is 2. The predicted octanol–water partition coefficient (Wildman–Crippen LogP) is 4.23. The van der Waals surface area contributed by atoms with Gasteiger partial charge in [-0.15, -0.1) is 10.2 Å². The van der Waals surface area contributed by atoms with Crippen LogP contribution in [0.5, 0.6) is 0 Å². The molecule has 1 aliphatic rings. The van der Waals surface area contributed by atoms with Gasteiger partial charge in [-0.05, 0) is 43.9 Å². The Kier molecular flexibility index (Phi) is 5.21. The number of nitrogens with zero attached hydrogens (tertiary/aromatic N) is 5.